The number of unbranched alkanes of at least 4 members (excludes halogenated alkanes) is 2. The molecule has 0 atom stereocenters. The van der Waals surface area contributed by atoms with Gasteiger partial charge in [-0.25, -0.2) is 4.98 Å². The van der Waals surface area contributed by atoms with E-state index in [2.05, 4.69) is 21.7 Å². The van der Waals surface area contributed by atoms with Gasteiger partial charge in [0.1, 0.15) is 11.6 Å². The molecule has 0 spiro atoms. The van der Waals surface area contributed by atoms with Gasteiger partial charge in [-0.2, -0.15) is 4.98 Å². The Balaban J connectivity index is 1.32. The number of hydrogen-bond donors (Lipinski definition) is 0. The maximum atomic E-state index is 13.0. The molecule has 1 aromatic carbocycles. The van der Waals surface area contributed by atoms with Crippen LogP contribution in [0.25, 0.3) is 0 Å². The SMILES string of the molecule is CCCCCOc1ccc(C(=O)N2CCN(c3cc(C)nc(N4CCOCC4)n3)CC2)cc1. The number of carbonyl (C=O) groups excluding carboxylic acids is 1. The van der Waals surface area contributed by atoms with Crippen LogP contribution in [0.4, 0.5) is 11.8 Å². The predicted octanol–water partition coefficient (Wildman–Crippen LogP) is 3.15. The number of carbonyl (C=O) groups is 1. The van der Waals surface area contributed by atoms with E-state index in [9.17, 15) is 4.79 Å². The number of morpholine rings is 1. The molecule has 2 aromatic rings. The molecule has 2 saturated heterocycles. The lowest BCUT2D eigenvalue weighted by atomic mass is 10.1. The monoisotopic (exact) mass is 453 g/mol. The first-order valence-electron chi connectivity index (χ1n) is 12.1. The first-order chi connectivity index (χ1) is 16.1. The van der Waals surface area contributed by atoms with Gasteiger partial charge in [0.25, 0.3) is 5.91 Å². The number of nitrogens with zero attached hydrogens (tertiary/aromatic N) is 5. The second-order valence-corrected chi connectivity index (χ2v) is 8.63. The number of aryl methyl sites for hydroxylation is 1. The Kier molecular flexibility index (Phi) is 7.99. The van der Waals surface area contributed by atoms with Gasteiger partial charge >= 0.3 is 0 Å². The van der Waals surface area contributed by atoms with Crippen molar-refractivity contribution in [2.75, 3.05) is 68.9 Å². The van der Waals surface area contributed by atoms with E-state index in [0.717, 1.165) is 62.4 Å². The maximum absolute atomic E-state index is 13.0. The van der Waals surface area contributed by atoms with Crippen molar-refractivity contribution in [1.82, 2.24) is 14.9 Å². The minimum absolute atomic E-state index is 0.0695. The summed E-state index contributed by atoms with van der Waals surface area (Å²) in [6.45, 7) is 10.8. The molecule has 2 fully saturated rings. The largest absolute Gasteiger partial charge is 0.494 e. The summed E-state index contributed by atoms with van der Waals surface area (Å²) in [7, 11) is 0. The zero-order valence-corrected chi connectivity index (χ0v) is 19.8. The average Bonchev–Trinajstić information content (AvgIpc) is 2.87. The van der Waals surface area contributed by atoms with Gasteiger partial charge in [-0.15, -0.1) is 0 Å². The van der Waals surface area contributed by atoms with E-state index in [1.165, 1.54) is 12.8 Å². The van der Waals surface area contributed by atoms with Crippen LogP contribution in [-0.2, 0) is 4.74 Å². The predicted molar refractivity (Wildman–Crippen MR) is 129 cm³/mol. The summed E-state index contributed by atoms with van der Waals surface area (Å²) >= 11 is 0. The van der Waals surface area contributed by atoms with Crippen LogP contribution < -0.4 is 14.5 Å². The number of benzene rings is 1. The number of amides is 1. The van der Waals surface area contributed by atoms with E-state index in [0.29, 0.717) is 31.9 Å². The van der Waals surface area contributed by atoms with Crippen molar-refractivity contribution in [2.45, 2.75) is 33.1 Å². The van der Waals surface area contributed by atoms with Gasteiger partial charge in [0.05, 0.1) is 19.8 Å². The van der Waals surface area contributed by atoms with Gasteiger partial charge in [-0.1, -0.05) is 19.8 Å². The molecule has 8 nitrogen and oxygen atoms in total. The molecule has 8 heteroatoms. The summed E-state index contributed by atoms with van der Waals surface area (Å²) in [6.07, 6.45) is 3.41. The van der Waals surface area contributed by atoms with Crippen LogP contribution in [0.15, 0.2) is 30.3 Å². The first-order valence-corrected chi connectivity index (χ1v) is 12.1. The molecule has 1 amide bonds. The molecule has 3 heterocycles. The van der Waals surface area contributed by atoms with Gasteiger partial charge in [0.2, 0.25) is 5.95 Å². The lowest BCUT2D eigenvalue weighted by Crippen LogP contribution is -2.49. The quantitative estimate of drug-likeness (QED) is 0.569. The van der Waals surface area contributed by atoms with Crippen LogP contribution in [0, 0.1) is 6.92 Å². The summed E-state index contributed by atoms with van der Waals surface area (Å²) in [5, 5.41) is 0. The van der Waals surface area contributed by atoms with Crippen molar-refractivity contribution in [1.29, 1.82) is 0 Å². The Bertz CT molecular complexity index is 907. The second-order valence-electron chi connectivity index (χ2n) is 8.63. The molecule has 0 N–H and O–H groups in total. The van der Waals surface area contributed by atoms with Crippen molar-refractivity contribution in [2.24, 2.45) is 0 Å². The number of ether oxygens (including phenoxy) is 2. The maximum Gasteiger partial charge on any atom is 0.253 e. The van der Waals surface area contributed by atoms with E-state index >= 15 is 0 Å². The van der Waals surface area contributed by atoms with Crippen molar-refractivity contribution < 1.29 is 14.3 Å². The summed E-state index contributed by atoms with van der Waals surface area (Å²) in [6, 6.07) is 9.55. The molecule has 0 saturated carbocycles. The highest BCUT2D eigenvalue weighted by Crippen LogP contribution is 2.21. The molecule has 0 unspecified atom stereocenters. The number of hydrogen-bond acceptors (Lipinski definition) is 7. The Morgan fingerprint density at radius 3 is 2.39 bits per heavy atom. The third kappa shape index (κ3) is 6.13. The lowest BCUT2D eigenvalue weighted by Gasteiger charge is -2.36. The summed E-state index contributed by atoms with van der Waals surface area (Å²) in [4.78, 5) is 28.8. The number of aromatic nitrogens is 2. The van der Waals surface area contributed by atoms with Crippen molar-refractivity contribution in [3.8, 4) is 5.75 Å². The molecule has 4 rings (SSSR count). The van der Waals surface area contributed by atoms with Crippen LogP contribution >= 0.6 is 0 Å². The molecular formula is C25H35N5O3. The van der Waals surface area contributed by atoms with Gasteiger partial charge in [-0.3, -0.25) is 4.79 Å². The Labute approximate surface area is 196 Å². The molecule has 0 radical (unpaired) electrons. The van der Waals surface area contributed by atoms with E-state index < -0.39 is 0 Å². The van der Waals surface area contributed by atoms with Gasteiger partial charge in [-0.05, 0) is 37.6 Å². The summed E-state index contributed by atoms with van der Waals surface area (Å²) in [5.74, 6) is 2.59. The highest BCUT2D eigenvalue weighted by molar-refractivity contribution is 5.94. The fraction of sp³-hybridized carbons (Fsp3) is 0.560. The smallest absolute Gasteiger partial charge is 0.253 e. The van der Waals surface area contributed by atoms with E-state index in [1.807, 2.05) is 42.2 Å². The molecule has 33 heavy (non-hydrogen) atoms. The number of anilines is 2. The van der Waals surface area contributed by atoms with Crippen LogP contribution in [-0.4, -0.2) is 79.9 Å². The van der Waals surface area contributed by atoms with Gasteiger partial charge < -0.3 is 24.2 Å². The third-order valence-corrected chi connectivity index (χ3v) is 6.13. The highest BCUT2D eigenvalue weighted by Gasteiger charge is 2.24. The normalized spacial score (nSPS) is 16.7. The zero-order valence-electron chi connectivity index (χ0n) is 19.8. The topological polar surface area (TPSA) is 71.0 Å². The standard InChI is InChI=1S/C25H35N5O3/c1-3-4-5-16-33-22-8-6-21(7-9-22)24(31)29-12-10-28(11-13-29)23-19-20(2)26-25(27-23)30-14-17-32-18-15-30/h6-9,19H,3-5,10-18H2,1-2H3. The zero-order chi connectivity index (χ0) is 23.0. The molecular weight excluding hydrogens is 418 g/mol. The molecule has 0 bridgehead atoms. The van der Waals surface area contributed by atoms with Crippen LogP contribution in [0.3, 0.4) is 0 Å². The van der Waals surface area contributed by atoms with Gasteiger partial charge in [0, 0.05) is 56.6 Å². The fourth-order valence-electron chi connectivity index (χ4n) is 4.16. The Hall–Kier alpha value is -2.87. The average molecular weight is 454 g/mol. The third-order valence-electron chi connectivity index (χ3n) is 6.13. The van der Waals surface area contributed by atoms with Crippen LogP contribution in [0.2, 0.25) is 0 Å². The summed E-state index contributed by atoms with van der Waals surface area (Å²) in [5.41, 5.74) is 1.66. The minimum Gasteiger partial charge on any atom is -0.494 e. The molecule has 0 aliphatic carbocycles. The highest BCUT2D eigenvalue weighted by atomic mass is 16.5. The van der Waals surface area contributed by atoms with Crippen LogP contribution in [0.5, 0.6) is 5.75 Å². The Morgan fingerprint density at radius 1 is 0.970 bits per heavy atom. The second kappa shape index (κ2) is 11.3. The van der Waals surface area contributed by atoms with Crippen LogP contribution in [0.1, 0.15) is 42.2 Å². The van der Waals surface area contributed by atoms with Gasteiger partial charge in [0.15, 0.2) is 0 Å². The summed E-state index contributed by atoms with van der Waals surface area (Å²) < 4.78 is 11.2. The molecule has 2 aliphatic rings. The van der Waals surface area contributed by atoms with Crippen molar-refractivity contribution >= 4 is 17.7 Å². The number of rotatable bonds is 8. The number of piperazine rings is 1. The van der Waals surface area contributed by atoms with Crippen molar-refractivity contribution in [3.63, 3.8) is 0 Å². The van der Waals surface area contributed by atoms with E-state index in [-0.39, 0.29) is 5.91 Å². The minimum atomic E-state index is 0.0695. The fourth-order valence-corrected chi connectivity index (χ4v) is 4.16. The Morgan fingerprint density at radius 2 is 1.70 bits per heavy atom. The molecule has 1 aromatic heterocycles. The van der Waals surface area contributed by atoms with E-state index in [4.69, 9.17) is 14.5 Å². The van der Waals surface area contributed by atoms with Crippen molar-refractivity contribution in [3.05, 3.63) is 41.6 Å². The first kappa shape index (κ1) is 23.3. The van der Waals surface area contributed by atoms with E-state index in [1.54, 1.807) is 0 Å². The molecule has 178 valence electrons. The lowest BCUT2D eigenvalue weighted by molar-refractivity contribution is 0.0746. The molecule has 2 aliphatic heterocycles.